The molecule has 0 heterocycles. The van der Waals surface area contributed by atoms with E-state index in [4.69, 9.17) is 15.2 Å². The molecule has 0 bridgehead atoms. The van der Waals surface area contributed by atoms with E-state index in [2.05, 4.69) is 0 Å². The molecule has 1 aromatic carbocycles. The second-order valence-electron chi connectivity index (χ2n) is 4.41. The van der Waals surface area contributed by atoms with Gasteiger partial charge in [-0.1, -0.05) is 36.4 Å². The lowest BCUT2D eigenvalue weighted by molar-refractivity contribution is 0.298. The average Bonchev–Trinajstić information content (AvgIpc) is 2.53. The fourth-order valence-corrected chi connectivity index (χ4v) is 2.00. The van der Waals surface area contributed by atoms with E-state index in [-0.39, 0.29) is 0 Å². The fourth-order valence-electron chi connectivity index (χ4n) is 2.00. The normalized spacial score (nSPS) is 17.5. The molecule has 0 radical (unpaired) electrons. The number of nitrogens with two attached hydrogens (primary N) is 1. The van der Waals surface area contributed by atoms with Gasteiger partial charge in [-0.2, -0.15) is 0 Å². The highest BCUT2D eigenvalue weighted by Crippen LogP contribution is 2.22. The third kappa shape index (κ3) is 3.32. The minimum Gasteiger partial charge on any atom is -0.497 e. The average molecular weight is 269 g/mol. The van der Waals surface area contributed by atoms with Crippen molar-refractivity contribution >= 4 is 5.70 Å². The second kappa shape index (κ2) is 6.66. The molecule has 3 nitrogen and oxygen atoms in total. The molecule has 0 saturated heterocycles. The SMILES string of the molecule is COC1=CC/C(=C(\C=C(/N)c2ccccc2)OC)C=C1. The summed E-state index contributed by atoms with van der Waals surface area (Å²) in [6.07, 6.45) is 8.56. The van der Waals surface area contributed by atoms with Crippen LogP contribution in [0.25, 0.3) is 5.70 Å². The lowest BCUT2D eigenvalue weighted by Crippen LogP contribution is -2.00. The molecule has 1 aromatic rings. The maximum absolute atomic E-state index is 6.11. The Morgan fingerprint density at radius 3 is 2.45 bits per heavy atom. The third-order valence-electron chi connectivity index (χ3n) is 3.14. The lowest BCUT2D eigenvalue weighted by atomic mass is 10.0. The van der Waals surface area contributed by atoms with E-state index in [0.29, 0.717) is 5.70 Å². The first-order valence-corrected chi connectivity index (χ1v) is 6.46. The largest absolute Gasteiger partial charge is 0.497 e. The molecule has 2 N–H and O–H groups in total. The zero-order chi connectivity index (χ0) is 14.4. The monoisotopic (exact) mass is 269 g/mol. The van der Waals surface area contributed by atoms with Gasteiger partial charge in [-0.25, -0.2) is 0 Å². The molecule has 20 heavy (non-hydrogen) atoms. The van der Waals surface area contributed by atoms with Crippen LogP contribution in [0.4, 0.5) is 0 Å². The van der Waals surface area contributed by atoms with Crippen molar-refractivity contribution in [2.45, 2.75) is 6.42 Å². The van der Waals surface area contributed by atoms with Crippen molar-refractivity contribution in [1.82, 2.24) is 0 Å². The van der Waals surface area contributed by atoms with Crippen molar-refractivity contribution in [3.8, 4) is 0 Å². The molecular weight excluding hydrogens is 250 g/mol. The van der Waals surface area contributed by atoms with Crippen LogP contribution in [0.1, 0.15) is 12.0 Å². The van der Waals surface area contributed by atoms with E-state index < -0.39 is 0 Å². The van der Waals surface area contributed by atoms with Gasteiger partial charge in [0.25, 0.3) is 0 Å². The van der Waals surface area contributed by atoms with Gasteiger partial charge in [0.1, 0.15) is 11.5 Å². The zero-order valence-electron chi connectivity index (χ0n) is 11.8. The smallest absolute Gasteiger partial charge is 0.124 e. The second-order valence-corrected chi connectivity index (χ2v) is 4.41. The van der Waals surface area contributed by atoms with Crippen LogP contribution < -0.4 is 5.73 Å². The standard InChI is InChI=1S/C17H19NO2/c1-19-15-10-8-14(9-11-15)17(20-2)12-16(18)13-6-4-3-5-7-13/h3-8,10-12H,9,18H2,1-2H3/b16-12-,17-14+. The summed E-state index contributed by atoms with van der Waals surface area (Å²) in [5.74, 6) is 1.64. The number of rotatable bonds is 4. The summed E-state index contributed by atoms with van der Waals surface area (Å²) >= 11 is 0. The molecule has 0 spiro atoms. The zero-order valence-corrected chi connectivity index (χ0v) is 11.8. The third-order valence-corrected chi connectivity index (χ3v) is 3.14. The Morgan fingerprint density at radius 2 is 1.90 bits per heavy atom. The maximum atomic E-state index is 6.11. The fraction of sp³-hybridized carbons (Fsp3) is 0.176. The van der Waals surface area contributed by atoms with Crippen molar-refractivity contribution in [2.75, 3.05) is 14.2 Å². The molecule has 0 atom stereocenters. The molecule has 1 aliphatic rings. The summed E-state index contributed by atoms with van der Waals surface area (Å²) in [6, 6.07) is 9.84. The van der Waals surface area contributed by atoms with Crippen molar-refractivity contribution in [3.63, 3.8) is 0 Å². The lowest BCUT2D eigenvalue weighted by Gasteiger charge is -2.12. The van der Waals surface area contributed by atoms with Gasteiger partial charge in [-0.3, -0.25) is 0 Å². The van der Waals surface area contributed by atoms with Gasteiger partial charge in [0.15, 0.2) is 0 Å². The summed E-state index contributed by atoms with van der Waals surface area (Å²) in [6.45, 7) is 0. The van der Waals surface area contributed by atoms with Crippen molar-refractivity contribution in [2.24, 2.45) is 5.73 Å². The number of hydrogen-bond acceptors (Lipinski definition) is 3. The minimum absolute atomic E-state index is 0.685. The number of methoxy groups -OCH3 is 2. The summed E-state index contributed by atoms with van der Waals surface area (Å²) in [5, 5.41) is 0. The van der Waals surface area contributed by atoms with E-state index in [0.717, 1.165) is 29.1 Å². The Kier molecular flexibility index (Phi) is 4.66. The van der Waals surface area contributed by atoms with Crippen LogP contribution in [0.15, 0.2) is 71.7 Å². The highest BCUT2D eigenvalue weighted by Gasteiger charge is 2.08. The van der Waals surface area contributed by atoms with Crippen molar-refractivity contribution in [3.05, 3.63) is 77.3 Å². The molecule has 0 aliphatic heterocycles. The van der Waals surface area contributed by atoms with E-state index in [1.165, 1.54) is 0 Å². The van der Waals surface area contributed by atoms with Crippen molar-refractivity contribution in [1.29, 1.82) is 0 Å². The highest BCUT2D eigenvalue weighted by atomic mass is 16.5. The first-order chi connectivity index (χ1) is 9.74. The highest BCUT2D eigenvalue weighted by molar-refractivity contribution is 5.65. The van der Waals surface area contributed by atoms with Crippen LogP contribution in [0, 0.1) is 0 Å². The molecule has 104 valence electrons. The Bertz CT molecular complexity index is 580. The first-order valence-electron chi connectivity index (χ1n) is 6.46. The van der Waals surface area contributed by atoms with Crippen LogP contribution >= 0.6 is 0 Å². The van der Waals surface area contributed by atoms with Crippen LogP contribution in [0.2, 0.25) is 0 Å². The van der Waals surface area contributed by atoms with Gasteiger partial charge in [0, 0.05) is 11.8 Å². The summed E-state index contributed by atoms with van der Waals surface area (Å²) in [4.78, 5) is 0. The van der Waals surface area contributed by atoms with Gasteiger partial charge < -0.3 is 15.2 Å². The molecular formula is C17H19NO2. The molecule has 0 aromatic heterocycles. The van der Waals surface area contributed by atoms with Gasteiger partial charge in [-0.15, -0.1) is 0 Å². The molecule has 0 amide bonds. The van der Waals surface area contributed by atoms with Gasteiger partial charge in [0.05, 0.1) is 14.2 Å². The van der Waals surface area contributed by atoms with Gasteiger partial charge in [0.2, 0.25) is 0 Å². The number of benzene rings is 1. The van der Waals surface area contributed by atoms with Crippen LogP contribution in [0.5, 0.6) is 0 Å². The van der Waals surface area contributed by atoms with Crippen LogP contribution in [-0.4, -0.2) is 14.2 Å². The topological polar surface area (TPSA) is 44.5 Å². The molecule has 1 aliphatic carbocycles. The molecule has 0 fully saturated rings. The van der Waals surface area contributed by atoms with E-state index in [1.807, 2.05) is 54.6 Å². The summed E-state index contributed by atoms with van der Waals surface area (Å²) in [5.41, 5.74) is 8.86. The Balaban J connectivity index is 2.26. The number of allylic oxidation sites excluding steroid dienone is 5. The molecule has 0 unspecified atom stereocenters. The predicted molar refractivity (Wildman–Crippen MR) is 81.5 cm³/mol. The minimum atomic E-state index is 0.685. The van der Waals surface area contributed by atoms with E-state index >= 15 is 0 Å². The van der Waals surface area contributed by atoms with Gasteiger partial charge >= 0.3 is 0 Å². The first kappa shape index (κ1) is 14.0. The van der Waals surface area contributed by atoms with Crippen molar-refractivity contribution < 1.29 is 9.47 Å². The molecule has 3 heteroatoms. The quantitative estimate of drug-likeness (QED) is 0.852. The van der Waals surface area contributed by atoms with Crippen LogP contribution in [-0.2, 0) is 9.47 Å². The Morgan fingerprint density at radius 1 is 1.15 bits per heavy atom. The van der Waals surface area contributed by atoms with Gasteiger partial charge in [-0.05, 0) is 29.7 Å². The Hall–Kier alpha value is -2.42. The molecule has 0 saturated carbocycles. The maximum Gasteiger partial charge on any atom is 0.124 e. The molecule has 2 rings (SSSR count). The summed E-state index contributed by atoms with van der Waals surface area (Å²) in [7, 11) is 3.32. The number of ether oxygens (including phenoxy) is 2. The Labute approximate surface area is 119 Å². The van der Waals surface area contributed by atoms with E-state index in [1.54, 1.807) is 14.2 Å². The predicted octanol–water partition coefficient (Wildman–Crippen LogP) is 3.38. The van der Waals surface area contributed by atoms with Crippen LogP contribution in [0.3, 0.4) is 0 Å². The number of hydrogen-bond donors (Lipinski definition) is 1. The summed E-state index contributed by atoms with van der Waals surface area (Å²) < 4.78 is 10.6. The van der Waals surface area contributed by atoms with E-state index in [9.17, 15) is 0 Å².